The van der Waals surface area contributed by atoms with Crippen molar-refractivity contribution in [2.45, 2.75) is 39.5 Å². The summed E-state index contributed by atoms with van der Waals surface area (Å²) in [5.74, 6) is 0.815. The summed E-state index contributed by atoms with van der Waals surface area (Å²) in [5, 5.41) is 12.0. The van der Waals surface area contributed by atoms with Gasteiger partial charge in [-0.2, -0.15) is 0 Å². The van der Waals surface area contributed by atoms with Gasteiger partial charge in [-0.3, -0.25) is 4.99 Å². The van der Waals surface area contributed by atoms with Gasteiger partial charge in [0.2, 0.25) is 0 Å². The predicted octanol–water partition coefficient (Wildman–Crippen LogP) is 8.88. The average molecular weight is 519 g/mol. The average Bonchev–Trinajstić information content (AvgIpc) is 3.50. The molecule has 4 rings (SSSR count). The van der Waals surface area contributed by atoms with Gasteiger partial charge in [-0.15, -0.1) is 0 Å². The summed E-state index contributed by atoms with van der Waals surface area (Å²) < 4.78 is 6.28. The van der Waals surface area contributed by atoms with Crippen molar-refractivity contribution in [3.05, 3.63) is 111 Å². The SMILES string of the molecule is C=C(O)SC(=C)N(C)/C=C(\C)c1cc2c(CCC3=CCC(c4ccc(Cl)cc4)=N3)cc(CC)cc2o1. The molecule has 0 fully saturated rings. The fourth-order valence-electron chi connectivity index (χ4n) is 4.24. The molecule has 0 saturated carbocycles. The zero-order valence-corrected chi connectivity index (χ0v) is 22.5. The number of benzene rings is 2. The summed E-state index contributed by atoms with van der Waals surface area (Å²) >= 11 is 7.16. The zero-order valence-electron chi connectivity index (χ0n) is 21.0. The molecule has 1 N–H and O–H groups in total. The molecule has 3 aromatic rings. The first-order valence-corrected chi connectivity index (χ1v) is 13.2. The lowest BCUT2D eigenvalue weighted by atomic mass is 9.99. The zero-order chi connectivity index (χ0) is 25.8. The highest BCUT2D eigenvalue weighted by molar-refractivity contribution is 8.06. The van der Waals surface area contributed by atoms with Crippen LogP contribution in [0, 0.1) is 0 Å². The maximum Gasteiger partial charge on any atom is 0.148 e. The van der Waals surface area contributed by atoms with E-state index < -0.39 is 0 Å². The van der Waals surface area contributed by atoms with Crippen molar-refractivity contribution in [3.63, 3.8) is 0 Å². The maximum absolute atomic E-state index is 9.43. The molecule has 1 aliphatic heterocycles. The molecule has 1 aliphatic rings. The summed E-state index contributed by atoms with van der Waals surface area (Å²) in [6.45, 7) is 11.7. The highest BCUT2D eigenvalue weighted by Crippen LogP contribution is 2.32. The smallest absolute Gasteiger partial charge is 0.148 e. The lowest BCUT2D eigenvalue weighted by Crippen LogP contribution is -2.07. The molecular weight excluding hydrogens is 488 g/mol. The topological polar surface area (TPSA) is 49.0 Å². The number of aliphatic hydroxyl groups excluding tert-OH is 1. The molecule has 36 heavy (non-hydrogen) atoms. The summed E-state index contributed by atoms with van der Waals surface area (Å²) in [6.07, 6.45) is 7.73. The Bertz CT molecular complexity index is 1400. The number of allylic oxidation sites excluding steroid dienone is 3. The monoisotopic (exact) mass is 518 g/mol. The van der Waals surface area contributed by atoms with Crippen LogP contribution in [0.4, 0.5) is 0 Å². The third-order valence-corrected chi connectivity index (χ3v) is 7.24. The molecule has 2 aromatic carbocycles. The van der Waals surface area contributed by atoms with Gasteiger partial charge in [0.25, 0.3) is 0 Å². The first-order valence-electron chi connectivity index (χ1n) is 12.0. The highest BCUT2D eigenvalue weighted by Gasteiger charge is 2.15. The van der Waals surface area contributed by atoms with Crippen LogP contribution in [0.3, 0.4) is 0 Å². The van der Waals surface area contributed by atoms with Gasteiger partial charge >= 0.3 is 0 Å². The van der Waals surface area contributed by atoms with E-state index in [-0.39, 0.29) is 5.09 Å². The van der Waals surface area contributed by atoms with Crippen molar-refractivity contribution in [3.8, 4) is 0 Å². The molecule has 0 saturated heterocycles. The van der Waals surface area contributed by atoms with Gasteiger partial charge < -0.3 is 14.4 Å². The third kappa shape index (κ3) is 6.15. The maximum atomic E-state index is 9.43. The van der Waals surface area contributed by atoms with E-state index in [1.807, 2.05) is 49.3 Å². The standard InChI is InChI=1S/C30H31ClN2O2S/c1-6-22-15-24(9-12-26-13-14-28(32-26)23-7-10-25(31)11-8-23)27-17-29(35-30(27)16-22)19(2)18-33(5)20(3)36-21(4)34/h7-8,10-11,13,15-18,34H,3-4,6,9,12,14H2,1-2,5H3/b19-18+. The van der Waals surface area contributed by atoms with Gasteiger partial charge in [0.1, 0.15) is 16.4 Å². The Labute approximate surface area is 222 Å². The van der Waals surface area contributed by atoms with Crippen LogP contribution in [0.15, 0.2) is 93.1 Å². The molecule has 0 spiro atoms. The molecule has 0 amide bonds. The van der Waals surface area contributed by atoms with Crippen LogP contribution in [-0.2, 0) is 12.8 Å². The highest BCUT2D eigenvalue weighted by atomic mass is 35.5. The van der Waals surface area contributed by atoms with Crippen LogP contribution < -0.4 is 0 Å². The Kier molecular flexibility index (Phi) is 8.12. The molecule has 6 heteroatoms. The van der Waals surface area contributed by atoms with Crippen molar-refractivity contribution in [1.29, 1.82) is 0 Å². The van der Waals surface area contributed by atoms with Gasteiger partial charge in [-0.1, -0.05) is 49.4 Å². The summed E-state index contributed by atoms with van der Waals surface area (Å²) in [7, 11) is 1.89. The summed E-state index contributed by atoms with van der Waals surface area (Å²) in [6, 6.07) is 14.4. The van der Waals surface area contributed by atoms with E-state index in [1.165, 1.54) is 11.1 Å². The van der Waals surface area contributed by atoms with Gasteiger partial charge in [0.05, 0.1) is 10.7 Å². The molecule has 1 aromatic heterocycles. The number of halogens is 1. The fourth-order valence-corrected chi connectivity index (χ4v) is 4.83. The van der Waals surface area contributed by atoms with Crippen molar-refractivity contribution in [2.75, 3.05) is 7.05 Å². The Morgan fingerprint density at radius 2 is 1.94 bits per heavy atom. The van der Waals surface area contributed by atoms with E-state index in [1.54, 1.807) is 0 Å². The first-order chi connectivity index (χ1) is 17.2. The number of hydrogen-bond donors (Lipinski definition) is 1. The summed E-state index contributed by atoms with van der Waals surface area (Å²) in [5.41, 5.74) is 7.74. The quantitative estimate of drug-likeness (QED) is 0.272. The second-order valence-electron chi connectivity index (χ2n) is 8.91. The number of fused-ring (bicyclic) bond motifs is 1. The van der Waals surface area contributed by atoms with Crippen LogP contribution in [0.25, 0.3) is 16.5 Å². The minimum absolute atomic E-state index is 0.0142. The Morgan fingerprint density at radius 1 is 1.19 bits per heavy atom. The van der Waals surface area contributed by atoms with Crippen LogP contribution in [0.1, 0.15) is 49.1 Å². The van der Waals surface area contributed by atoms with E-state index >= 15 is 0 Å². The molecule has 0 radical (unpaired) electrons. The molecule has 186 valence electrons. The minimum atomic E-state index is 0.0142. The predicted molar refractivity (Wildman–Crippen MR) is 155 cm³/mol. The number of thioether (sulfide) groups is 1. The van der Waals surface area contributed by atoms with Gasteiger partial charge in [0.15, 0.2) is 0 Å². The molecule has 0 aliphatic carbocycles. The van der Waals surface area contributed by atoms with Crippen LogP contribution in [-0.4, -0.2) is 22.8 Å². The largest absolute Gasteiger partial charge is 0.502 e. The summed E-state index contributed by atoms with van der Waals surface area (Å²) in [4.78, 5) is 6.75. The van der Waals surface area contributed by atoms with E-state index in [4.69, 9.17) is 21.0 Å². The van der Waals surface area contributed by atoms with Crippen LogP contribution in [0.2, 0.25) is 5.02 Å². The number of nitrogens with zero attached hydrogens (tertiary/aromatic N) is 2. The van der Waals surface area contributed by atoms with E-state index in [0.717, 1.165) is 81.7 Å². The number of furan rings is 1. The molecule has 0 unspecified atom stereocenters. The van der Waals surface area contributed by atoms with Gasteiger partial charge in [-0.25, -0.2) is 0 Å². The van der Waals surface area contributed by atoms with Crippen LogP contribution in [0.5, 0.6) is 0 Å². The van der Waals surface area contributed by atoms with Crippen molar-refractivity contribution < 1.29 is 9.52 Å². The third-order valence-electron chi connectivity index (χ3n) is 6.23. The van der Waals surface area contributed by atoms with Crippen molar-refractivity contribution in [2.24, 2.45) is 4.99 Å². The Morgan fingerprint density at radius 3 is 2.64 bits per heavy atom. The number of hydrogen-bond acceptors (Lipinski definition) is 5. The van der Waals surface area contributed by atoms with E-state index in [2.05, 4.69) is 44.4 Å². The van der Waals surface area contributed by atoms with Gasteiger partial charge in [0, 0.05) is 41.3 Å². The fraction of sp³-hybridized carbons (Fsp3) is 0.233. The molecule has 0 bridgehead atoms. The first kappa shape index (κ1) is 25.9. The molecule has 4 nitrogen and oxygen atoms in total. The number of aliphatic imine (C=N–C) groups is 1. The van der Waals surface area contributed by atoms with E-state index in [0.29, 0.717) is 5.03 Å². The second kappa shape index (κ2) is 11.3. The van der Waals surface area contributed by atoms with E-state index in [9.17, 15) is 5.11 Å². The van der Waals surface area contributed by atoms with Crippen molar-refractivity contribution >= 4 is 45.6 Å². The molecular formula is C30H31ClN2O2S. The second-order valence-corrected chi connectivity index (χ2v) is 10.5. The lowest BCUT2D eigenvalue weighted by molar-refractivity contribution is 0.458. The number of aryl methyl sites for hydroxylation is 2. The number of rotatable bonds is 10. The molecule has 2 heterocycles. The normalized spacial score (nSPS) is 13.6. The lowest BCUT2D eigenvalue weighted by Gasteiger charge is -2.16. The van der Waals surface area contributed by atoms with Crippen LogP contribution >= 0.6 is 23.4 Å². The Hall–Kier alpha value is -3.15. The molecule has 0 atom stereocenters. The van der Waals surface area contributed by atoms with Crippen molar-refractivity contribution in [1.82, 2.24) is 4.90 Å². The minimum Gasteiger partial charge on any atom is -0.502 e. The van der Waals surface area contributed by atoms with Gasteiger partial charge in [-0.05, 0) is 85.5 Å². The Balaban J connectivity index is 1.54. The number of aliphatic hydroxyl groups is 1.